The lowest BCUT2D eigenvalue weighted by Gasteiger charge is -2.02. The van der Waals surface area contributed by atoms with Gasteiger partial charge in [0.1, 0.15) is 5.69 Å². The number of H-pyrrole nitrogens is 1. The first-order chi connectivity index (χ1) is 9.15. The molecule has 6 nitrogen and oxygen atoms in total. The first-order valence-corrected chi connectivity index (χ1v) is 5.86. The van der Waals surface area contributed by atoms with Gasteiger partial charge < -0.3 is 10.1 Å². The molecule has 0 aromatic carbocycles. The number of aryl methyl sites for hydroxylation is 1. The maximum atomic E-state index is 10.9. The molecule has 0 spiro atoms. The Labute approximate surface area is 108 Å². The van der Waals surface area contributed by atoms with Crippen LogP contribution in [0.4, 0.5) is 0 Å². The highest BCUT2D eigenvalue weighted by molar-refractivity contribution is 5.70. The topological polar surface area (TPSA) is 83.3 Å². The highest BCUT2D eigenvalue weighted by Gasteiger charge is 2.14. The lowest BCUT2D eigenvalue weighted by molar-refractivity contribution is -0.136. The summed E-state index contributed by atoms with van der Waals surface area (Å²) >= 11 is 0. The van der Waals surface area contributed by atoms with Crippen LogP contribution in [-0.4, -0.2) is 30.7 Å². The van der Waals surface area contributed by atoms with Crippen LogP contribution in [0.2, 0.25) is 0 Å². The third-order valence-electron chi connectivity index (χ3n) is 2.96. The van der Waals surface area contributed by atoms with Gasteiger partial charge >= 0.3 is 5.97 Å². The van der Waals surface area contributed by atoms with Gasteiger partial charge in [0.15, 0.2) is 5.65 Å². The molecule has 19 heavy (non-hydrogen) atoms. The van der Waals surface area contributed by atoms with Crippen LogP contribution >= 0.6 is 0 Å². The van der Waals surface area contributed by atoms with Gasteiger partial charge in [-0.05, 0) is 31.2 Å². The van der Waals surface area contributed by atoms with Crippen LogP contribution < -0.4 is 0 Å². The fourth-order valence-corrected chi connectivity index (χ4v) is 2.07. The number of carboxylic acids is 1. The molecule has 6 heteroatoms. The second-order valence-electron chi connectivity index (χ2n) is 4.29. The van der Waals surface area contributed by atoms with Crippen molar-refractivity contribution in [1.29, 1.82) is 0 Å². The largest absolute Gasteiger partial charge is 0.481 e. The molecule has 0 unspecified atom stereocenters. The predicted octanol–water partition coefficient (Wildman–Crippen LogP) is 1.66. The summed E-state index contributed by atoms with van der Waals surface area (Å²) in [6, 6.07) is 7.49. The number of hydrogen-bond acceptors (Lipinski definition) is 3. The molecule has 0 saturated carbocycles. The predicted molar refractivity (Wildman–Crippen MR) is 68.9 cm³/mol. The Morgan fingerprint density at radius 1 is 1.42 bits per heavy atom. The molecule has 0 amide bonds. The summed E-state index contributed by atoms with van der Waals surface area (Å²) in [5, 5.41) is 13.4. The third-order valence-corrected chi connectivity index (χ3v) is 2.96. The van der Waals surface area contributed by atoms with E-state index in [2.05, 4.69) is 15.1 Å². The third kappa shape index (κ3) is 1.97. The molecule has 3 heterocycles. The van der Waals surface area contributed by atoms with Crippen molar-refractivity contribution in [2.24, 2.45) is 0 Å². The van der Waals surface area contributed by atoms with Crippen molar-refractivity contribution in [3.8, 4) is 11.4 Å². The van der Waals surface area contributed by atoms with Gasteiger partial charge in [0.05, 0.1) is 23.5 Å². The zero-order chi connectivity index (χ0) is 13.4. The highest BCUT2D eigenvalue weighted by atomic mass is 16.4. The molecule has 0 saturated heterocycles. The minimum atomic E-state index is -0.892. The van der Waals surface area contributed by atoms with Gasteiger partial charge in [0, 0.05) is 6.20 Å². The number of aromatic nitrogens is 4. The highest BCUT2D eigenvalue weighted by Crippen LogP contribution is 2.17. The number of hydrogen-bond donors (Lipinski definition) is 2. The maximum Gasteiger partial charge on any atom is 0.309 e. The van der Waals surface area contributed by atoms with Gasteiger partial charge in [-0.3, -0.25) is 4.79 Å². The number of aromatic amines is 1. The Hall–Kier alpha value is -2.63. The molecule has 0 bridgehead atoms. The average molecular weight is 256 g/mol. The van der Waals surface area contributed by atoms with Crippen LogP contribution in [0.3, 0.4) is 0 Å². The Morgan fingerprint density at radius 2 is 2.26 bits per heavy atom. The van der Waals surface area contributed by atoms with Crippen LogP contribution in [0.25, 0.3) is 17.0 Å². The standard InChI is InChI=1S/C13H12N4O2/c1-8-11(7-13(18)19)17-12(15-8)5-4-10(16-17)9-3-2-6-14-9/h2-6,14H,7H2,1H3,(H,18,19). The zero-order valence-corrected chi connectivity index (χ0v) is 10.3. The fourth-order valence-electron chi connectivity index (χ4n) is 2.07. The molecular weight excluding hydrogens is 244 g/mol. The Balaban J connectivity index is 2.18. The van der Waals surface area contributed by atoms with Crippen molar-refractivity contribution in [2.75, 3.05) is 0 Å². The molecular formula is C13H12N4O2. The monoisotopic (exact) mass is 256 g/mol. The zero-order valence-electron chi connectivity index (χ0n) is 10.3. The summed E-state index contributed by atoms with van der Waals surface area (Å²) in [6.45, 7) is 1.79. The van der Waals surface area contributed by atoms with Crippen LogP contribution in [0, 0.1) is 6.92 Å². The van der Waals surface area contributed by atoms with E-state index >= 15 is 0 Å². The van der Waals surface area contributed by atoms with Gasteiger partial charge in [-0.1, -0.05) is 0 Å². The maximum absolute atomic E-state index is 10.9. The van der Waals surface area contributed by atoms with E-state index in [1.165, 1.54) is 0 Å². The quantitative estimate of drug-likeness (QED) is 0.746. The summed E-state index contributed by atoms with van der Waals surface area (Å²) in [4.78, 5) is 18.3. The first kappa shape index (κ1) is 11.5. The minimum Gasteiger partial charge on any atom is -0.481 e. The van der Waals surface area contributed by atoms with Crippen molar-refractivity contribution in [3.63, 3.8) is 0 Å². The molecule has 0 radical (unpaired) electrons. The SMILES string of the molecule is Cc1nc2ccc(-c3ccc[nH]3)nn2c1CC(=O)O. The van der Waals surface area contributed by atoms with Gasteiger partial charge in [-0.25, -0.2) is 9.50 Å². The van der Waals surface area contributed by atoms with Crippen LogP contribution in [0.1, 0.15) is 11.4 Å². The smallest absolute Gasteiger partial charge is 0.309 e. The van der Waals surface area contributed by atoms with Crippen molar-refractivity contribution >= 4 is 11.6 Å². The number of nitrogens with one attached hydrogen (secondary N) is 1. The van der Waals surface area contributed by atoms with E-state index in [0.29, 0.717) is 17.0 Å². The molecule has 2 N–H and O–H groups in total. The fraction of sp³-hybridized carbons (Fsp3) is 0.154. The van der Waals surface area contributed by atoms with Crippen molar-refractivity contribution in [3.05, 3.63) is 41.9 Å². The van der Waals surface area contributed by atoms with Gasteiger partial charge in [-0.2, -0.15) is 5.10 Å². The van der Waals surface area contributed by atoms with Gasteiger partial charge in [-0.15, -0.1) is 0 Å². The summed E-state index contributed by atoms with van der Waals surface area (Å²) in [5.74, 6) is -0.892. The molecule has 0 atom stereocenters. The van der Waals surface area contributed by atoms with Crippen LogP contribution in [0.15, 0.2) is 30.5 Å². The summed E-state index contributed by atoms with van der Waals surface area (Å²) in [7, 11) is 0. The van der Waals surface area contributed by atoms with Gasteiger partial charge in [0.25, 0.3) is 0 Å². The number of fused-ring (bicyclic) bond motifs is 1. The van der Waals surface area contributed by atoms with Crippen LogP contribution in [-0.2, 0) is 11.2 Å². The first-order valence-electron chi connectivity index (χ1n) is 5.86. The molecule has 96 valence electrons. The molecule has 3 aromatic heterocycles. The second kappa shape index (κ2) is 4.24. The number of nitrogens with zero attached hydrogens (tertiary/aromatic N) is 3. The normalized spacial score (nSPS) is 11.0. The summed E-state index contributed by atoms with van der Waals surface area (Å²) in [5.41, 5.74) is 3.59. The lowest BCUT2D eigenvalue weighted by Crippen LogP contribution is -2.07. The molecule has 0 aliphatic heterocycles. The van der Waals surface area contributed by atoms with E-state index in [1.54, 1.807) is 11.4 Å². The van der Waals surface area contributed by atoms with E-state index in [9.17, 15) is 4.79 Å². The molecule has 0 aliphatic carbocycles. The average Bonchev–Trinajstić information content (AvgIpc) is 2.98. The summed E-state index contributed by atoms with van der Waals surface area (Å²) < 4.78 is 1.60. The molecule has 0 aliphatic rings. The Morgan fingerprint density at radius 3 is 2.95 bits per heavy atom. The molecule has 3 aromatic rings. The van der Waals surface area contributed by atoms with Crippen LogP contribution in [0.5, 0.6) is 0 Å². The van der Waals surface area contributed by atoms with Gasteiger partial charge in [0.2, 0.25) is 0 Å². The van der Waals surface area contributed by atoms with E-state index in [1.807, 2.05) is 30.5 Å². The van der Waals surface area contributed by atoms with Crippen molar-refractivity contribution in [2.45, 2.75) is 13.3 Å². The van der Waals surface area contributed by atoms with E-state index in [4.69, 9.17) is 5.11 Å². The number of carbonyl (C=O) groups is 1. The van der Waals surface area contributed by atoms with E-state index in [-0.39, 0.29) is 6.42 Å². The van der Waals surface area contributed by atoms with E-state index in [0.717, 1.165) is 11.4 Å². The van der Waals surface area contributed by atoms with Crippen molar-refractivity contribution < 1.29 is 9.90 Å². The second-order valence-corrected chi connectivity index (χ2v) is 4.29. The van der Waals surface area contributed by atoms with E-state index < -0.39 is 5.97 Å². The molecule has 3 rings (SSSR count). The number of carboxylic acid groups (broad SMARTS) is 1. The van der Waals surface area contributed by atoms with Crippen molar-refractivity contribution in [1.82, 2.24) is 19.6 Å². The lowest BCUT2D eigenvalue weighted by atomic mass is 10.2. The number of aliphatic carboxylic acids is 1. The Bertz CT molecular complexity index is 743. The number of imidazole rings is 1. The Kier molecular flexibility index (Phi) is 2.56. The molecule has 0 fully saturated rings. The summed E-state index contributed by atoms with van der Waals surface area (Å²) in [6.07, 6.45) is 1.73. The minimum absolute atomic E-state index is 0.0891. The number of rotatable bonds is 3.